The molecule has 9 heteroatoms. The van der Waals surface area contributed by atoms with Gasteiger partial charge in [-0.25, -0.2) is 0 Å². The Bertz CT molecular complexity index is 708. The first-order valence-electron chi connectivity index (χ1n) is 10.3. The van der Waals surface area contributed by atoms with Crippen molar-refractivity contribution in [3.8, 4) is 0 Å². The molecule has 1 amide bonds. The molecule has 1 saturated carbocycles. The lowest BCUT2D eigenvalue weighted by Gasteiger charge is -2.26. The lowest BCUT2D eigenvalue weighted by molar-refractivity contribution is -0.137. The van der Waals surface area contributed by atoms with E-state index in [0.717, 1.165) is 76.1 Å². The fourth-order valence-electron chi connectivity index (χ4n) is 4.80. The molecule has 1 spiro atoms. The maximum absolute atomic E-state index is 13.0. The molecule has 30 heavy (non-hydrogen) atoms. The maximum Gasteiger partial charge on any atom is 0.416 e. The highest BCUT2D eigenvalue weighted by Crippen LogP contribution is 2.59. The predicted molar refractivity (Wildman–Crippen MR) is 115 cm³/mol. The number of rotatable bonds is 3. The average Bonchev–Trinajstić information content (AvgIpc) is 3.41. The standard InChI is InChI=1S/C21H28F3N3O.2ClH/c22-21(23,24)17-4-2-16(3-5-17)15-26-10-1-11-27(13-12-26)19(28)18-14-20(18)6-8-25-9-7-20;;/h2-5,18,25H,1,6-15H2;2*1H. The van der Waals surface area contributed by atoms with Gasteiger partial charge in [0.25, 0.3) is 0 Å². The average molecular weight is 468 g/mol. The molecule has 0 aromatic heterocycles. The molecule has 170 valence electrons. The minimum Gasteiger partial charge on any atom is -0.341 e. The number of hydrogen-bond acceptors (Lipinski definition) is 3. The van der Waals surface area contributed by atoms with E-state index < -0.39 is 11.7 Å². The van der Waals surface area contributed by atoms with E-state index in [4.69, 9.17) is 0 Å². The van der Waals surface area contributed by atoms with Crippen molar-refractivity contribution >= 4 is 30.7 Å². The topological polar surface area (TPSA) is 35.6 Å². The normalized spacial score (nSPS) is 23.8. The van der Waals surface area contributed by atoms with Crippen molar-refractivity contribution in [1.29, 1.82) is 0 Å². The summed E-state index contributed by atoms with van der Waals surface area (Å²) in [5.41, 5.74) is 0.526. The van der Waals surface area contributed by atoms with Crippen LogP contribution in [-0.4, -0.2) is 55.0 Å². The van der Waals surface area contributed by atoms with Gasteiger partial charge in [0.05, 0.1) is 5.56 Å². The number of nitrogens with one attached hydrogen (secondary N) is 1. The van der Waals surface area contributed by atoms with E-state index in [1.807, 2.05) is 4.90 Å². The summed E-state index contributed by atoms with van der Waals surface area (Å²) >= 11 is 0. The van der Waals surface area contributed by atoms with Gasteiger partial charge in [-0.1, -0.05) is 12.1 Å². The zero-order chi connectivity index (χ0) is 19.8. The predicted octanol–water partition coefficient (Wildman–Crippen LogP) is 3.97. The van der Waals surface area contributed by atoms with Gasteiger partial charge >= 0.3 is 6.18 Å². The van der Waals surface area contributed by atoms with Crippen LogP contribution in [0.15, 0.2) is 24.3 Å². The van der Waals surface area contributed by atoms with E-state index in [2.05, 4.69) is 10.2 Å². The summed E-state index contributed by atoms with van der Waals surface area (Å²) in [5, 5.41) is 3.38. The number of carbonyl (C=O) groups excluding carboxylic acids is 1. The summed E-state index contributed by atoms with van der Waals surface area (Å²) in [4.78, 5) is 17.2. The zero-order valence-electron chi connectivity index (χ0n) is 16.9. The quantitative estimate of drug-likeness (QED) is 0.730. The number of amides is 1. The van der Waals surface area contributed by atoms with Gasteiger partial charge in [-0.05, 0) is 61.9 Å². The van der Waals surface area contributed by atoms with Gasteiger partial charge < -0.3 is 10.2 Å². The summed E-state index contributed by atoms with van der Waals surface area (Å²) in [5.74, 6) is 0.523. The third kappa shape index (κ3) is 5.61. The van der Waals surface area contributed by atoms with Crippen molar-refractivity contribution < 1.29 is 18.0 Å². The molecule has 2 saturated heterocycles. The van der Waals surface area contributed by atoms with Gasteiger partial charge in [-0.3, -0.25) is 9.69 Å². The first-order chi connectivity index (χ1) is 13.4. The summed E-state index contributed by atoms with van der Waals surface area (Å²) in [6.07, 6.45) is -0.127. The van der Waals surface area contributed by atoms with Crippen LogP contribution in [0.2, 0.25) is 0 Å². The van der Waals surface area contributed by atoms with Crippen molar-refractivity contribution in [3.05, 3.63) is 35.4 Å². The molecule has 3 fully saturated rings. The van der Waals surface area contributed by atoms with Crippen LogP contribution in [-0.2, 0) is 17.5 Å². The van der Waals surface area contributed by atoms with Gasteiger partial charge in [0.15, 0.2) is 0 Å². The molecule has 2 aliphatic heterocycles. The third-order valence-corrected chi connectivity index (χ3v) is 6.67. The Morgan fingerprint density at radius 2 is 1.70 bits per heavy atom. The van der Waals surface area contributed by atoms with E-state index >= 15 is 0 Å². The van der Waals surface area contributed by atoms with Gasteiger partial charge in [0.2, 0.25) is 5.91 Å². The second kappa shape index (κ2) is 10.1. The third-order valence-electron chi connectivity index (χ3n) is 6.67. The zero-order valence-corrected chi connectivity index (χ0v) is 18.6. The summed E-state index contributed by atoms with van der Waals surface area (Å²) < 4.78 is 38.1. The van der Waals surface area contributed by atoms with E-state index in [1.54, 1.807) is 12.1 Å². The number of halogens is 5. The summed E-state index contributed by atoms with van der Waals surface area (Å²) in [6, 6.07) is 5.41. The van der Waals surface area contributed by atoms with Crippen molar-refractivity contribution in [2.75, 3.05) is 39.3 Å². The van der Waals surface area contributed by atoms with Crippen LogP contribution < -0.4 is 5.32 Å². The molecule has 1 aromatic carbocycles. The number of nitrogens with zero attached hydrogens (tertiary/aromatic N) is 2. The first kappa shape index (κ1) is 25.2. The van der Waals surface area contributed by atoms with Crippen LogP contribution in [0, 0.1) is 11.3 Å². The Kier molecular flexibility index (Phi) is 8.47. The summed E-state index contributed by atoms with van der Waals surface area (Å²) in [6.45, 7) is 5.80. The molecule has 3 aliphatic rings. The molecular weight excluding hydrogens is 438 g/mol. The van der Waals surface area contributed by atoms with Gasteiger partial charge in [-0.2, -0.15) is 13.2 Å². The van der Waals surface area contributed by atoms with E-state index in [-0.39, 0.29) is 36.1 Å². The highest BCUT2D eigenvalue weighted by Gasteiger charge is 2.58. The van der Waals surface area contributed by atoms with E-state index in [0.29, 0.717) is 19.0 Å². The lowest BCUT2D eigenvalue weighted by atomic mass is 9.91. The maximum atomic E-state index is 13.0. The van der Waals surface area contributed by atoms with E-state index in [1.165, 1.54) is 0 Å². The van der Waals surface area contributed by atoms with Crippen molar-refractivity contribution in [3.63, 3.8) is 0 Å². The molecule has 2 heterocycles. The smallest absolute Gasteiger partial charge is 0.341 e. The van der Waals surface area contributed by atoms with Crippen LogP contribution in [0.25, 0.3) is 0 Å². The Hall–Kier alpha value is -1.02. The number of hydrogen-bond donors (Lipinski definition) is 1. The SMILES string of the molecule is Cl.Cl.O=C(C1CC12CCNCC2)N1CCCN(Cc2ccc(C(F)(F)F)cc2)CC1. The monoisotopic (exact) mass is 467 g/mol. The Labute approximate surface area is 188 Å². The number of alkyl halides is 3. The molecule has 1 N–H and O–H groups in total. The van der Waals surface area contributed by atoms with Crippen LogP contribution in [0.5, 0.6) is 0 Å². The fraction of sp³-hybridized carbons (Fsp3) is 0.667. The Balaban J connectivity index is 0.00000160. The van der Waals surface area contributed by atoms with Crippen LogP contribution in [0.3, 0.4) is 0 Å². The van der Waals surface area contributed by atoms with Crippen molar-refractivity contribution in [1.82, 2.24) is 15.1 Å². The van der Waals surface area contributed by atoms with Crippen LogP contribution in [0.4, 0.5) is 13.2 Å². The van der Waals surface area contributed by atoms with Crippen LogP contribution >= 0.6 is 24.8 Å². The molecule has 1 aromatic rings. The van der Waals surface area contributed by atoms with Gasteiger partial charge in [0, 0.05) is 38.6 Å². The largest absolute Gasteiger partial charge is 0.416 e. The minimum atomic E-state index is -4.30. The molecule has 0 bridgehead atoms. The van der Waals surface area contributed by atoms with Crippen molar-refractivity contribution in [2.24, 2.45) is 11.3 Å². The fourth-order valence-corrected chi connectivity index (χ4v) is 4.80. The molecular formula is C21H30Cl2F3N3O. The van der Waals surface area contributed by atoms with Gasteiger partial charge in [-0.15, -0.1) is 24.8 Å². The molecule has 4 nitrogen and oxygen atoms in total. The highest BCUT2D eigenvalue weighted by atomic mass is 35.5. The summed E-state index contributed by atoms with van der Waals surface area (Å²) in [7, 11) is 0. The van der Waals surface area contributed by atoms with E-state index in [9.17, 15) is 18.0 Å². The Morgan fingerprint density at radius 1 is 1.03 bits per heavy atom. The second-order valence-corrected chi connectivity index (χ2v) is 8.52. The molecule has 1 atom stereocenters. The molecule has 1 aliphatic carbocycles. The molecule has 0 radical (unpaired) electrons. The second-order valence-electron chi connectivity index (χ2n) is 8.52. The number of piperidine rings is 1. The lowest BCUT2D eigenvalue weighted by Crippen LogP contribution is -2.38. The van der Waals surface area contributed by atoms with Gasteiger partial charge in [0.1, 0.15) is 0 Å². The highest BCUT2D eigenvalue weighted by molar-refractivity contribution is 5.85. The van der Waals surface area contributed by atoms with Crippen LogP contribution in [0.1, 0.15) is 36.8 Å². The molecule has 1 unspecified atom stereocenters. The van der Waals surface area contributed by atoms with Crippen molar-refractivity contribution in [2.45, 2.75) is 38.4 Å². The minimum absolute atomic E-state index is 0. The Morgan fingerprint density at radius 3 is 2.33 bits per heavy atom. The molecule has 4 rings (SSSR count). The first-order valence-corrected chi connectivity index (χ1v) is 10.3. The number of carbonyl (C=O) groups is 1. The number of benzene rings is 1.